The van der Waals surface area contributed by atoms with Crippen LogP contribution in [-0.4, -0.2) is 22.1 Å². The second-order valence-corrected chi connectivity index (χ2v) is 9.81. The van der Waals surface area contributed by atoms with E-state index in [1.165, 1.54) is 28.7 Å². The maximum Gasteiger partial charge on any atom is 0.156 e. The monoisotopic (exact) mass is 388 g/mol. The van der Waals surface area contributed by atoms with Crippen LogP contribution in [0.15, 0.2) is 59.2 Å². The molecule has 1 aromatic rings. The first-order valence-corrected chi connectivity index (χ1v) is 11.1. The highest BCUT2D eigenvalue weighted by Gasteiger charge is 2.79. The van der Waals surface area contributed by atoms with Crippen molar-refractivity contribution in [3.63, 3.8) is 0 Å². The second kappa shape index (κ2) is 5.72. The topological polar surface area (TPSA) is 49.8 Å². The van der Waals surface area contributed by atoms with Gasteiger partial charge in [0.25, 0.3) is 0 Å². The number of aromatic hydroxyl groups is 1. The lowest BCUT2D eigenvalue weighted by molar-refractivity contribution is -0.114. The molecule has 29 heavy (non-hydrogen) atoms. The summed E-state index contributed by atoms with van der Waals surface area (Å²) in [5.41, 5.74) is 6.57. The van der Waals surface area contributed by atoms with Crippen molar-refractivity contribution in [3.05, 3.63) is 64.8 Å². The number of phenolic OH excluding ortho intramolecular Hbond substituents is 1. The van der Waals surface area contributed by atoms with Gasteiger partial charge in [0.15, 0.2) is 5.78 Å². The van der Waals surface area contributed by atoms with E-state index in [4.69, 9.17) is 4.74 Å². The summed E-state index contributed by atoms with van der Waals surface area (Å²) in [5.74, 6) is 1.98. The predicted molar refractivity (Wildman–Crippen MR) is 112 cm³/mol. The van der Waals surface area contributed by atoms with Gasteiger partial charge in [-0.05, 0) is 97.8 Å². The van der Waals surface area contributed by atoms with Crippen LogP contribution in [0.1, 0.15) is 63.4 Å². The fourth-order valence-electron chi connectivity index (χ4n) is 7.37. The molecular weight excluding hydrogens is 360 g/mol. The van der Waals surface area contributed by atoms with Crippen LogP contribution < -0.4 is 0 Å². The van der Waals surface area contributed by atoms with Gasteiger partial charge in [-0.25, -0.2) is 0 Å². The first-order chi connectivity index (χ1) is 13.9. The smallest absolute Gasteiger partial charge is 0.156 e. The Balaban J connectivity index is 1.52. The lowest BCUT2D eigenvalue weighted by Crippen LogP contribution is -2.42. The summed E-state index contributed by atoms with van der Waals surface area (Å²) < 4.78 is 6.63. The van der Waals surface area contributed by atoms with Crippen molar-refractivity contribution in [3.8, 4) is 5.75 Å². The third-order valence-electron chi connectivity index (χ3n) is 8.57. The van der Waals surface area contributed by atoms with Gasteiger partial charge in [0.05, 0.1) is 0 Å². The van der Waals surface area contributed by atoms with Crippen molar-refractivity contribution in [1.29, 1.82) is 0 Å². The molecule has 0 bridgehead atoms. The summed E-state index contributed by atoms with van der Waals surface area (Å²) in [6, 6.07) is 7.76. The molecule has 1 aromatic carbocycles. The minimum Gasteiger partial charge on any atom is -0.508 e. The number of carbonyl (C=O) groups is 1. The first-order valence-electron chi connectivity index (χ1n) is 11.1. The van der Waals surface area contributed by atoms with E-state index in [-0.39, 0.29) is 17.0 Å². The van der Waals surface area contributed by atoms with Gasteiger partial charge in [-0.2, -0.15) is 0 Å². The molecule has 3 nitrogen and oxygen atoms in total. The van der Waals surface area contributed by atoms with Crippen LogP contribution in [0.5, 0.6) is 5.75 Å². The van der Waals surface area contributed by atoms with Crippen molar-refractivity contribution in [2.45, 2.75) is 69.0 Å². The van der Waals surface area contributed by atoms with Crippen LogP contribution in [0.2, 0.25) is 0 Å². The van der Waals surface area contributed by atoms with Crippen molar-refractivity contribution >= 4 is 5.78 Å². The van der Waals surface area contributed by atoms with Crippen LogP contribution in [0.3, 0.4) is 0 Å². The Morgan fingerprint density at radius 1 is 1.17 bits per heavy atom. The molecule has 4 aliphatic carbocycles. The summed E-state index contributed by atoms with van der Waals surface area (Å²) in [6.07, 6.45) is 8.88. The van der Waals surface area contributed by atoms with E-state index in [0.29, 0.717) is 29.9 Å². The number of allylic oxidation sites excluding steroid dienone is 4. The number of hydrogen-bond donors (Lipinski definition) is 1. The normalized spacial score (nSPS) is 39.8. The van der Waals surface area contributed by atoms with E-state index in [2.05, 4.69) is 25.6 Å². The Morgan fingerprint density at radius 3 is 2.69 bits per heavy atom. The molecule has 1 heterocycles. The Labute approximate surface area is 172 Å². The number of ketones is 1. The Kier molecular flexibility index (Phi) is 3.49. The van der Waals surface area contributed by atoms with Crippen molar-refractivity contribution in [2.24, 2.45) is 11.8 Å². The van der Waals surface area contributed by atoms with E-state index in [1.807, 2.05) is 6.08 Å². The lowest BCUT2D eigenvalue weighted by atomic mass is 9.57. The Bertz CT molecular complexity index is 997. The minimum absolute atomic E-state index is 0.0676. The zero-order valence-corrected chi connectivity index (χ0v) is 17.0. The fraction of sp³-hybridized carbons (Fsp3) is 0.500. The summed E-state index contributed by atoms with van der Waals surface area (Å²) in [7, 11) is 0. The van der Waals surface area contributed by atoms with E-state index in [1.54, 1.807) is 17.7 Å². The molecule has 3 fully saturated rings. The van der Waals surface area contributed by atoms with E-state index in [0.717, 1.165) is 32.1 Å². The van der Waals surface area contributed by atoms with Gasteiger partial charge in [-0.3, -0.25) is 4.79 Å². The van der Waals surface area contributed by atoms with Crippen LogP contribution in [-0.2, 0) is 9.53 Å². The number of fused-ring (bicyclic) bond motifs is 3. The zero-order chi connectivity index (χ0) is 20.0. The fourth-order valence-corrected chi connectivity index (χ4v) is 7.37. The SMILES string of the molecule is C=C(C)[C@]12CC[C@H]3[C@@H]4CCC5=CC(=O)CCC5=C4[C@@H](c4ccc(O)cc4)C[C@@]31O2. The average Bonchev–Trinajstić information content (AvgIpc) is 3.24. The van der Waals surface area contributed by atoms with Gasteiger partial charge in [0.2, 0.25) is 0 Å². The summed E-state index contributed by atoms with van der Waals surface area (Å²) in [5, 5.41) is 9.83. The quantitative estimate of drug-likeness (QED) is 0.547. The molecule has 5 aliphatic rings. The van der Waals surface area contributed by atoms with Crippen molar-refractivity contribution in [2.75, 3.05) is 0 Å². The molecule has 1 N–H and O–H groups in total. The average molecular weight is 389 g/mol. The molecule has 1 spiro atoms. The zero-order valence-electron chi connectivity index (χ0n) is 17.0. The molecular formula is C26H28O3. The van der Waals surface area contributed by atoms with Gasteiger partial charge >= 0.3 is 0 Å². The highest BCUT2D eigenvalue weighted by atomic mass is 16.6. The molecule has 0 unspecified atom stereocenters. The Hall–Kier alpha value is -2.13. The minimum atomic E-state index is -0.123. The number of ether oxygens (including phenoxy) is 1. The summed E-state index contributed by atoms with van der Waals surface area (Å²) in [6.45, 7) is 6.44. The highest BCUT2D eigenvalue weighted by Crippen LogP contribution is 2.74. The molecule has 3 heteroatoms. The number of rotatable bonds is 2. The number of carbonyl (C=O) groups excluding carboxylic acids is 1. The van der Waals surface area contributed by atoms with Gasteiger partial charge in [-0.1, -0.05) is 24.3 Å². The Morgan fingerprint density at radius 2 is 1.97 bits per heavy atom. The number of hydrogen-bond acceptors (Lipinski definition) is 3. The standard InChI is InChI=1S/C26H28O3/c1-15(2)25-12-11-23-21-9-5-17-13-19(28)8-10-20(17)24(21)22(14-26(23,25)29-25)16-3-6-18(27)7-4-16/h3-4,6-7,13,21-23,27H,1,5,8-12,14H2,2H3/t21-,22+,23-,25+,26+/m0/s1. The lowest BCUT2D eigenvalue weighted by Gasteiger charge is -2.46. The highest BCUT2D eigenvalue weighted by molar-refractivity contribution is 5.93. The first kappa shape index (κ1) is 17.7. The van der Waals surface area contributed by atoms with Crippen LogP contribution in [0.25, 0.3) is 0 Å². The van der Waals surface area contributed by atoms with Crippen LogP contribution in [0.4, 0.5) is 0 Å². The van der Waals surface area contributed by atoms with Gasteiger partial charge < -0.3 is 9.84 Å². The number of epoxide rings is 1. The molecule has 150 valence electrons. The molecule has 1 aliphatic heterocycles. The van der Waals surface area contributed by atoms with Gasteiger partial charge in [-0.15, -0.1) is 0 Å². The van der Waals surface area contributed by atoms with Gasteiger partial charge in [0, 0.05) is 12.3 Å². The molecule has 1 saturated heterocycles. The van der Waals surface area contributed by atoms with Crippen molar-refractivity contribution < 1.29 is 14.6 Å². The maximum atomic E-state index is 12.1. The summed E-state index contributed by atoms with van der Waals surface area (Å²) in [4.78, 5) is 12.1. The van der Waals surface area contributed by atoms with Gasteiger partial charge in [0.1, 0.15) is 17.0 Å². The molecule has 2 saturated carbocycles. The largest absolute Gasteiger partial charge is 0.508 e. The second-order valence-electron chi connectivity index (χ2n) is 9.81. The third-order valence-corrected chi connectivity index (χ3v) is 8.57. The van der Waals surface area contributed by atoms with Crippen LogP contribution >= 0.6 is 0 Å². The molecule has 0 amide bonds. The third kappa shape index (κ3) is 2.20. The number of benzene rings is 1. The summed E-state index contributed by atoms with van der Waals surface area (Å²) >= 11 is 0. The molecule has 6 rings (SSSR count). The van der Waals surface area contributed by atoms with E-state index < -0.39 is 0 Å². The van der Waals surface area contributed by atoms with Crippen LogP contribution in [0, 0.1) is 11.8 Å². The van der Waals surface area contributed by atoms with Crippen molar-refractivity contribution in [1.82, 2.24) is 0 Å². The van der Waals surface area contributed by atoms with E-state index in [9.17, 15) is 9.90 Å². The predicted octanol–water partition coefficient (Wildman–Crippen LogP) is 5.37. The van der Waals surface area contributed by atoms with E-state index >= 15 is 0 Å². The number of phenols is 1. The molecule has 0 radical (unpaired) electrons. The molecule has 0 aromatic heterocycles. The maximum absolute atomic E-state index is 12.1. The molecule has 5 atom stereocenters.